The summed E-state index contributed by atoms with van der Waals surface area (Å²) in [5.41, 5.74) is 0.847. The molecule has 0 saturated carbocycles. The maximum absolute atomic E-state index is 12.2. The van der Waals surface area contributed by atoms with E-state index in [-0.39, 0.29) is 28.2 Å². The van der Waals surface area contributed by atoms with Crippen LogP contribution >= 0.6 is 0 Å². The van der Waals surface area contributed by atoms with Gasteiger partial charge in [0.25, 0.3) is 0 Å². The summed E-state index contributed by atoms with van der Waals surface area (Å²) in [5, 5.41) is 9.08. The van der Waals surface area contributed by atoms with Gasteiger partial charge < -0.3 is 5.11 Å². The van der Waals surface area contributed by atoms with E-state index in [1.54, 1.807) is 18.2 Å². The van der Waals surface area contributed by atoms with Gasteiger partial charge in [0.05, 0.1) is 16.2 Å². The number of ketones is 1. The van der Waals surface area contributed by atoms with Crippen molar-refractivity contribution in [1.29, 1.82) is 0 Å². The Morgan fingerprint density at radius 2 is 1.52 bits per heavy atom. The van der Waals surface area contributed by atoms with Crippen molar-refractivity contribution < 1.29 is 23.1 Å². The maximum atomic E-state index is 12.2. The van der Waals surface area contributed by atoms with Gasteiger partial charge in [-0.05, 0) is 25.1 Å². The third-order valence-electron chi connectivity index (χ3n) is 3.44. The first kappa shape index (κ1) is 16.9. The number of rotatable bonds is 6. The van der Waals surface area contributed by atoms with E-state index in [0.717, 1.165) is 5.56 Å². The van der Waals surface area contributed by atoms with Crippen molar-refractivity contribution in [2.75, 3.05) is 5.75 Å². The van der Waals surface area contributed by atoms with Gasteiger partial charge in [-0.1, -0.05) is 35.9 Å². The third-order valence-corrected chi connectivity index (χ3v) is 5.17. The highest BCUT2D eigenvalue weighted by Gasteiger charge is 2.20. The number of hydrogen-bond donors (Lipinski definition) is 1. The third kappa shape index (κ3) is 4.04. The van der Waals surface area contributed by atoms with Gasteiger partial charge in [0.2, 0.25) is 0 Å². The number of Topliss-reactive ketones (excluding diaryl/α,β-unsaturated/α-hetero) is 1. The monoisotopic (exact) mass is 332 g/mol. The molecule has 23 heavy (non-hydrogen) atoms. The number of hydrogen-bond acceptors (Lipinski definition) is 4. The molecular weight excluding hydrogens is 316 g/mol. The van der Waals surface area contributed by atoms with Gasteiger partial charge in [0, 0.05) is 12.0 Å². The largest absolute Gasteiger partial charge is 0.478 e. The minimum absolute atomic E-state index is 0.0270. The van der Waals surface area contributed by atoms with Crippen LogP contribution in [0.4, 0.5) is 0 Å². The minimum atomic E-state index is -3.58. The molecule has 2 aromatic rings. The lowest BCUT2D eigenvalue weighted by Gasteiger charge is -2.07. The van der Waals surface area contributed by atoms with Crippen LogP contribution in [0, 0.1) is 6.92 Å². The van der Waals surface area contributed by atoms with Crippen LogP contribution in [0.15, 0.2) is 53.4 Å². The summed E-state index contributed by atoms with van der Waals surface area (Å²) in [6.07, 6.45) is -0.263. The predicted octanol–water partition coefficient (Wildman–Crippen LogP) is 2.74. The zero-order chi connectivity index (χ0) is 17.0. The van der Waals surface area contributed by atoms with Crippen molar-refractivity contribution in [1.82, 2.24) is 0 Å². The molecule has 0 radical (unpaired) electrons. The van der Waals surface area contributed by atoms with Gasteiger partial charge in [0.15, 0.2) is 15.6 Å². The SMILES string of the molecule is Cc1ccc(S(=O)(=O)CCC(=O)c2ccccc2C(=O)O)cc1. The fourth-order valence-corrected chi connectivity index (χ4v) is 3.38. The molecule has 5 nitrogen and oxygen atoms in total. The number of carboxylic acid groups (broad SMARTS) is 1. The lowest BCUT2D eigenvalue weighted by Crippen LogP contribution is -2.14. The molecule has 0 aliphatic rings. The second-order valence-electron chi connectivity index (χ2n) is 5.16. The average Bonchev–Trinajstić information content (AvgIpc) is 2.53. The Bertz CT molecular complexity index is 836. The zero-order valence-corrected chi connectivity index (χ0v) is 13.3. The maximum Gasteiger partial charge on any atom is 0.336 e. The highest BCUT2D eigenvalue weighted by Crippen LogP contribution is 2.16. The summed E-state index contributed by atoms with van der Waals surface area (Å²) >= 11 is 0. The van der Waals surface area contributed by atoms with E-state index in [9.17, 15) is 18.0 Å². The second kappa shape index (κ2) is 6.75. The number of carboxylic acids is 1. The Morgan fingerprint density at radius 1 is 0.957 bits per heavy atom. The van der Waals surface area contributed by atoms with Crippen molar-refractivity contribution in [3.05, 3.63) is 65.2 Å². The van der Waals surface area contributed by atoms with Gasteiger partial charge in [-0.15, -0.1) is 0 Å². The van der Waals surface area contributed by atoms with Crippen LogP contribution in [0.5, 0.6) is 0 Å². The van der Waals surface area contributed by atoms with Crippen molar-refractivity contribution in [3.63, 3.8) is 0 Å². The molecule has 0 unspecified atom stereocenters. The summed E-state index contributed by atoms with van der Waals surface area (Å²) in [6, 6.07) is 12.2. The first-order valence-electron chi connectivity index (χ1n) is 6.96. The Kier molecular flexibility index (Phi) is 4.95. The summed E-state index contributed by atoms with van der Waals surface area (Å²) in [5.74, 6) is -2.07. The van der Waals surface area contributed by atoms with Crippen LogP contribution in [0.2, 0.25) is 0 Å². The Morgan fingerprint density at radius 3 is 2.09 bits per heavy atom. The molecule has 6 heteroatoms. The number of benzene rings is 2. The molecule has 120 valence electrons. The number of sulfone groups is 1. The molecule has 0 aliphatic carbocycles. The summed E-state index contributed by atoms with van der Waals surface area (Å²) in [4.78, 5) is 23.4. The van der Waals surface area contributed by atoms with Gasteiger partial charge >= 0.3 is 5.97 Å². The molecule has 0 aromatic heterocycles. The van der Waals surface area contributed by atoms with Gasteiger partial charge in [0.1, 0.15) is 0 Å². The molecule has 0 bridgehead atoms. The molecular formula is C17H16O5S. The fraction of sp³-hybridized carbons (Fsp3) is 0.176. The Labute approximate surface area is 134 Å². The van der Waals surface area contributed by atoms with E-state index in [4.69, 9.17) is 5.11 Å². The molecule has 0 spiro atoms. The highest BCUT2D eigenvalue weighted by molar-refractivity contribution is 7.91. The molecule has 2 aromatic carbocycles. The summed E-state index contributed by atoms with van der Waals surface area (Å²) < 4.78 is 24.5. The predicted molar refractivity (Wildman–Crippen MR) is 85.6 cm³/mol. The quantitative estimate of drug-likeness (QED) is 0.822. The fourth-order valence-electron chi connectivity index (χ4n) is 2.14. The van der Waals surface area contributed by atoms with Crippen LogP contribution in [0.3, 0.4) is 0 Å². The highest BCUT2D eigenvalue weighted by atomic mass is 32.2. The van der Waals surface area contributed by atoms with E-state index in [1.165, 1.54) is 30.3 Å². The first-order chi connectivity index (χ1) is 10.8. The number of aryl methyl sites for hydroxylation is 1. The number of aromatic carboxylic acids is 1. The van der Waals surface area contributed by atoms with Crippen molar-refractivity contribution in [2.24, 2.45) is 0 Å². The van der Waals surface area contributed by atoms with Gasteiger partial charge in [-0.3, -0.25) is 4.79 Å². The van der Waals surface area contributed by atoms with E-state index < -0.39 is 21.6 Å². The van der Waals surface area contributed by atoms with E-state index in [1.807, 2.05) is 6.92 Å². The van der Waals surface area contributed by atoms with Crippen LogP contribution < -0.4 is 0 Å². The molecule has 0 amide bonds. The Hall–Kier alpha value is -2.47. The lowest BCUT2D eigenvalue weighted by molar-refractivity contribution is 0.0692. The molecule has 1 N–H and O–H groups in total. The standard InChI is InChI=1S/C17H16O5S/c1-12-6-8-13(9-7-12)23(21,22)11-10-16(18)14-4-2-3-5-15(14)17(19)20/h2-9H,10-11H2,1H3,(H,19,20). The smallest absolute Gasteiger partial charge is 0.336 e. The number of carbonyl (C=O) groups is 2. The lowest BCUT2D eigenvalue weighted by atomic mass is 10.0. The molecule has 0 saturated heterocycles. The Balaban J connectivity index is 2.16. The molecule has 0 atom stereocenters. The van der Waals surface area contributed by atoms with Crippen molar-refractivity contribution in [2.45, 2.75) is 18.2 Å². The van der Waals surface area contributed by atoms with Gasteiger partial charge in [-0.2, -0.15) is 0 Å². The number of carbonyl (C=O) groups excluding carboxylic acids is 1. The van der Waals surface area contributed by atoms with Crippen molar-refractivity contribution >= 4 is 21.6 Å². The first-order valence-corrected chi connectivity index (χ1v) is 8.61. The summed E-state index contributed by atoms with van der Waals surface area (Å²) in [7, 11) is -3.58. The van der Waals surface area contributed by atoms with Crippen LogP contribution in [-0.2, 0) is 9.84 Å². The normalized spacial score (nSPS) is 11.2. The van der Waals surface area contributed by atoms with Crippen LogP contribution in [0.25, 0.3) is 0 Å². The van der Waals surface area contributed by atoms with E-state index in [0.29, 0.717) is 0 Å². The van der Waals surface area contributed by atoms with E-state index >= 15 is 0 Å². The summed E-state index contributed by atoms with van der Waals surface area (Å²) in [6.45, 7) is 1.85. The van der Waals surface area contributed by atoms with E-state index in [2.05, 4.69) is 0 Å². The van der Waals surface area contributed by atoms with Crippen molar-refractivity contribution in [3.8, 4) is 0 Å². The van der Waals surface area contributed by atoms with Crippen LogP contribution in [-0.4, -0.2) is 31.0 Å². The average molecular weight is 332 g/mol. The van der Waals surface area contributed by atoms with Gasteiger partial charge in [-0.25, -0.2) is 13.2 Å². The zero-order valence-electron chi connectivity index (χ0n) is 12.5. The topological polar surface area (TPSA) is 88.5 Å². The molecule has 0 heterocycles. The molecule has 0 aliphatic heterocycles. The van der Waals surface area contributed by atoms with Crippen LogP contribution in [0.1, 0.15) is 32.7 Å². The minimum Gasteiger partial charge on any atom is -0.478 e. The molecule has 2 rings (SSSR count). The second-order valence-corrected chi connectivity index (χ2v) is 7.26. The molecule has 0 fully saturated rings.